The molecule has 0 fully saturated rings. The number of ketones is 2. The second kappa shape index (κ2) is 6.28. The van der Waals surface area contributed by atoms with E-state index in [4.69, 9.17) is 15.2 Å². The van der Waals surface area contributed by atoms with E-state index in [1.807, 2.05) is 6.07 Å². The lowest BCUT2D eigenvalue weighted by molar-refractivity contribution is 0.0897. The van der Waals surface area contributed by atoms with Crippen molar-refractivity contribution >= 4 is 11.6 Å². The third kappa shape index (κ3) is 2.36. The molecule has 1 aliphatic heterocycles. The van der Waals surface area contributed by atoms with E-state index in [0.29, 0.717) is 5.56 Å². The third-order valence-electron chi connectivity index (χ3n) is 4.82. The Labute approximate surface area is 159 Å². The number of fused-ring (bicyclic) bond motifs is 1. The minimum absolute atomic E-state index is 0.00650. The number of aromatic hydroxyl groups is 1. The first-order valence-electron chi connectivity index (χ1n) is 8.35. The van der Waals surface area contributed by atoms with Gasteiger partial charge in [0.1, 0.15) is 11.6 Å². The smallest absolute Gasteiger partial charge is 0.229 e. The molecule has 7 heteroatoms. The quantitative estimate of drug-likeness (QED) is 0.828. The molecule has 1 aliphatic carbocycles. The molecule has 0 radical (unpaired) electrons. The molecule has 0 amide bonds. The maximum Gasteiger partial charge on any atom is 0.229 e. The van der Waals surface area contributed by atoms with Gasteiger partial charge in [0.15, 0.2) is 23.0 Å². The maximum absolute atomic E-state index is 13.2. The Morgan fingerprint density at radius 1 is 1.14 bits per heavy atom. The number of allylic oxidation sites excluding steroid dienone is 3. The van der Waals surface area contributed by atoms with Gasteiger partial charge in [0.2, 0.25) is 11.7 Å². The van der Waals surface area contributed by atoms with Crippen LogP contribution in [-0.4, -0.2) is 23.8 Å². The van der Waals surface area contributed by atoms with E-state index in [1.165, 1.54) is 19.2 Å². The Morgan fingerprint density at radius 2 is 1.82 bits per heavy atom. The van der Waals surface area contributed by atoms with Crippen LogP contribution < -0.4 is 10.5 Å². The van der Waals surface area contributed by atoms with E-state index < -0.39 is 17.5 Å². The summed E-state index contributed by atoms with van der Waals surface area (Å²) in [5.41, 5.74) is 6.89. The van der Waals surface area contributed by atoms with Gasteiger partial charge in [-0.3, -0.25) is 9.59 Å². The molecule has 2 aromatic rings. The first-order chi connectivity index (χ1) is 13.5. The standard InChI is InChI=1S/C21H14N2O5/c1-27-15-8-10(6-7-14(15)24)16-13(9-22)21(23)28-20-17(16)18(25)11-4-2-3-5-12(11)19(20)26/h2-8,16,24H,23H2,1H3/t16-/m1/s1. The summed E-state index contributed by atoms with van der Waals surface area (Å²) in [4.78, 5) is 26.2. The summed E-state index contributed by atoms with van der Waals surface area (Å²) in [5, 5.41) is 19.5. The van der Waals surface area contributed by atoms with E-state index in [9.17, 15) is 20.0 Å². The van der Waals surface area contributed by atoms with E-state index in [-0.39, 0.29) is 45.4 Å². The van der Waals surface area contributed by atoms with Gasteiger partial charge in [-0.2, -0.15) is 5.26 Å². The van der Waals surface area contributed by atoms with Crippen LogP contribution in [0.2, 0.25) is 0 Å². The summed E-state index contributed by atoms with van der Waals surface area (Å²) in [6, 6.07) is 12.8. The first kappa shape index (κ1) is 17.4. The zero-order chi connectivity index (χ0) is 20.0. The summed E-state index contributed by atoms with van der Waals surface area (Å²) in [7, 11) is 1.38. The van der Waals surface area contributed by atoms with E-state index in [0.717, 1.165) is 0 Å². The average Bonchev–Trinajstić information content (AvgIpc) is 2.71. The van der Waals surface area contributed by atoms with Gasteiger partial charge in [-0.05, 0) is 17.7 Å². The number of Topliss-reactive ketones (excluding diaryl/α,β-unsaturated/α-hetero) is 2. The number of phenols is 1. The summed E-state index contributed by atoms with van der Waals surface area (Å²) in [5.74, 6) is -2.16. The molecule has 138 valence electrons. The number of carbonyl (C=O) groups excluding carboxylic acids is 2. The van der Waals surface area contributed by atoms with Crippen LogP contribution in [0, 0.1) is 11.3 Å². The van der Waals surface area contributed by atoms with E-state index >= 15 is 0 Å². The van der Waals surface area contributed by atoms with Crippen molar-refractivity contribution in [3.8, 4) is 17.6 Å². The number of nitriles is 1. The monoisotopic (exact) mass is 374 g/mol. The van der Waals surface area contributed by atoms with Gasteiger partial charge < -0.3 is 20.3 Å². The predicted molar refractivity (Wildman–Crippen MR) is 97.4 cm³/mol. The zero-order valence-corrected chi connectivity index (χ0v) is 14.7. The van der Waals surface area contributed by atoms with Gasteiger partial charge in [0.05, 0.1) is 18.6 Å². The topological polar surface area (TPSA) is 123 Å². The van der Waals surface area contributed by atoms with Crippen LogP contribution in [-0.2, 0) is 4.74 Å². The molecule has 7 nitrogen and oxygen atoms in total. The molecule has 3 N–H and O–H groups in total. The highest BCUT2D eigenvalue weighted by atomic mass is 16.5. The Kier molecular flexibility index (Phi) is 3.90. The predicted octanol–water partition coefficient (Wildman–Crippen LogP) is 2.54. The van der Waals surface area contributed by atoms with Crippen molar-refractivity contribution in [3.05, 3.63) is 81.9 Å². The molecule has 0 saturated carbocycles. The summed E-state index contributed by atoms with van der Waals surface area (Å²) in [6.07, 6.45) is 0. The lowest BCUT2D eigenvalue weighted by Gasteiger charge is -2.31. The van der Waals surface area contributed by atoms with Crippen molar-refractivity contribution in [3.63, 3.8) is 0 Å². The molecule has 2 aliphatic rings. The molecule has 0 bridgehead atoms. The van der Waals surface area contributed by atoms with Crippen molar-refractivity contribution < 1.29 is 24.2 Å². The van der Waals surface area contributed by atoms with Crippen molar-refractivity contribution in [2.75, 3.05) is 7.11 Å². The van der Waals surface area contributed by atoms with Gasteiger partial charge in [-0.1, -0.05) is 30.3 Å². The first-order valence-corrected chi connectivity index (χ1v) is 8.35. The number of methoxy groups -OCH3 is 1. The Morgan fingerprint density at radius 3 is 2.46 bits per heavy atom. The van der Waals surface area contributed by atoms with Crippen LogP contribution in [0.15, 0.2) is 65.3 Å². The fourth-order valence-corrected chi connectivity index (χ4v) is 3.51. The van der Waals surface area contributed by atoms with Crippen molar-refractivity contribution in [1.29, 1.82) is 5.26 Å². The third-order valence-corrected chi connectivity index (χ3v) is 4.82. The molecule has 28 heavy (non-hydrogen) atoms. The Balaban J connectivity index is 1.98. The maximum atomic E-state index is 13.2. The zero-order valence-electron chi connectivity index (χ0n) is 14.7. The van der Waals surface area contributed by atoms with Crippen LogP contribution >= 0.6 is 0 Å². The van der Waals surface area contributed by atoms with Crippen LogP contribution in [0.5, 0.6) is 11.5 Å². The number of nitrogens with two attached hydrogens (primary N) is 1. The number of rotatable bonds is 2. The molecule has 4 rings (SSSR count). The van der Waals surface area contributed by atoms with Crippen LogP contribution in [0.1, 0.15) is 32.2 Å². The average molecular weight is 374 g/mol. The molecule has 0 aromatic heterocycles. The fraction of sp³-hybridized carbons (Fsp3) is 0.0952. The molecule has 0 spiro atoms. The molecular weight excluding hydrogens is 360 g/mol. The van der Waals surface area contributed by atoms with Crippen LogP contribution in [0.4, 0.5) is 0 Å². The van der Waals surface area contributed by atoms with Crippen molar-refractivity contribution in [2.45, 2.75) is 5.92 Å². The lowest BCUT2D eigenvalue weighted by atomic mass is 9.75. The highest BCUT2D eigenvalue weighted by Gasteiger charge is 2.43. The summed E-state index contributed by atoms with van der Waals surface area (Å²) < 4.78 is 10.6. The fourth-order valence-electron chi connectivity index (χ4n) is 3.51. The summed E-state index contributed by atoms with van der Waals surface area (Å²) >= 11 is 0. The second-order valence-corrected chi connectivity index (χ2v) is 6.30. The number of hydrogen-bond donors (Lipinski definition) is 2. The normalized spacial score (nSPS) is 18.2. The largest absolute Gasteiger partial charge is 0.504 e. The minimum atomic E-state index is -0.923. The molecule has 2 aromatic carbocycles. The van der Waals surface area contributed by atoms with Gasteiger partial charge in [0.25, 0.3) is 0 Å². The van der Waals surface area contributed by atoms with Crippen LogP contribution in [0.3, 0.4) is 0 Å². The number of hydrogen-bond acceptors (Lipinski definition) is 7. The lowest BCUT2D eigenvalue weighted by Crippen LogP contribution is -2.32. The number of carbonyl (C=O) groups is 2. The molecule has 0 saturated heterocycles. The van der Waals surface area contributed by atoms with Gasteiger partial charge in [-0.15, -0.1) is 0 Å². The SMILES string of the molecule is COc1cc([C@@H]2C(C#N)=C(N)OC3=C2C(=O)c2ccccc2C3=O)ccc1O. The van der Waals surface area contributed by atoms with Gasteiger partial charge in [0, 0.05) is 11.1 Å². The molecule has 0 unspecified atom stereocenters. The molecule has 1 atom stereocenters. The molecule has 1 heterocycles. The van der Waals surface area contributed by atoms with Gasteiger partial charge >= 0.3 is 0 Å². The van der Waals surface area contributed by atoms with Crippen molar-refractivity contribution in [2.24, 2.45) is 5.73 Å². The minimum Gasteiger partial charge on any atom is -0.504 e. The summed E-state index contributed by atoms with van der Waals surface area (Å²) in [6.45, 7) is 0. The number of benzene rings is 2. The highest BCUT2D eigenvalue weighted by Crippen LogP contribution is 2.45. The Hall–Kier alpha value is -4.05. The molecular formula is C21H14N2O5. The number of nitrogens with zero attached hydrogens (tertiary/aromatic N) is 1. The number of ether oxygens (including phenoxy) is 2. The van der Waals surface area contributed by atoms with Crippen molar-refractivity contribution in [1.82, 2.24) is 0 Å². The van der Waals surface area contributed by atoms with Crippen LogP contribution in [0.25, 0.3) is 0 Å². The second-order valence-electron chi connectivity index (χ2n) is 6.30. The highest BCUT2D eigenvalue weighted by molar-refractivity contribution is 6.27. The van der Waals surface area contributed by atoms with E-state index in [2.05, 4.69) is 0 Å². The van der Waals surface area contributed by atoms with E-state index in [1.54, 1.807) is 30.3 Å². The Bertz CT molecular complexity index is 1150. The number of phenolic OH excluding ortho intramolecular Hbond substituents is 1. The van der Waals surface area contributed by atoms with Gasteiger partial charge in [-0.25, -0.2) is 0 Å².